The Bertz CT molecular complexity index is 848. The lowest BCUT2D eigenvalue weighted by Gasteiger charge is -2.08. The van der Waals surface area contributed by atoms with Crippen LogP contribution in [0.15, 0.2) is 0 Å². The second kappa shape index (κ2) is 47.1. The van der Waals surface area contributed by atoms with Gasteiger partial charge >= 0.3 is 0 Å². The van der Waals surface area contributed by atoms with Gasteiger partial charge in [-0.25, -0.2) is 15.0 Å². The fourth-order valence-corrected chi connectivity index (χ4v) is 8.98. The smallest absolute Gasteiger partial charge is 0.132 e. The molecule has 0 atom stereocenters. The van der Waals surface area contributed by atoms with Crippen molar-refractivity contribution in [1.29, 1.82) is 0 Å². The number of nitrogens with zero attached hydrogens (tertiary/aromatic N) is 3. The summed E-state index contributed by atoms with van der Waals surface area (Å²) in [6.07, 6.45) is 68.6. The van der Waals surface area contributed by atoms with Gasteiger partial charge in [0.1, 0.15) is 17.5 Å². The van der Waals surface area contributed by atoms with E-state index in [1.54, 1.807) is 0 Å². The van der Waals surface area contributed by atoms with Gasteiger partial charge in [-0.05, 0) is 19.3 Å². The molecule has 1 aromatic heterocycles. The molecule has 0 aliphatic heterocycles. The minimum absolute atomic E-state index is 1.01. The minimum Gasteiger partial charge on any atom is -0.218 e. The maximum Gasteiger partial charge on any atom is 0.132 e. The van der Waals surface area contributed by atoms with E-state index in [0.29, 0.717) is 0 Å². The maximum absolute atomic E-state index is 4.97. The van der Waals surface area contributed by atoms with E-state index >= 15 is 0 Å². The Kier molecular flexibility index (Phi) is 44.7. The molecule has 3 nitrogen and oxygen atoms in total. The van der Waals surface area contributed by atoms with Gasteiger partial charge in [-0.2, -0.15) is 0 Å². The van der Waals surface area contributed by atoms with Crippen LogP contribution < -0.4 is 0 Å². The average molecular weight is 810 g/mol. The predicted octanol–water partition coefficient (Wildman–Crippen LogP) is 19.5. The summed E-state index contributed by atoms with van der Waals surface area (Å²) in [4.78, 5) is 14.8. The van der Waals surface area contributed by atoms with Crippen LogP contribution in [0.1, 0.15) is 334 Å². The lowest BCUT2D eigenvalue weighted by molar-refractivity contribution is 0.518. The fraction of sp³-hybridized carbons (Fsp3) is 0.945. The van der Waals surface area contributed by atoms with Gasteiger partial charge in [-0.15, -0.1) is 0 Å². The van der Waals surface area contributed by atoms with Crippen LogP contribution in [0.2, 0.25) is 0 Å². The van der Waals surface area contributed by atoms with Gasteiger partial charge in [0.15, 0.2) is 0 Å². The van der Waals surface area contributed by atoms with E-state index in [4.69, 9.17) is 15.0 Å². The van der Waals surface area contributed by atoms with Crippen LogP contribution in [-0.2, 0) is 19.3 Å². The molecule has 0 aromatic carbocycles. The van der Waals surface area contributed by atoms with E-state index in [0.717, 1.165) is 36.7 Å². The number of hydrogen-bond donors (Lipinski definition) is 0. The SMILES string of the molecule is CCCCCCCCCCCCCCCCCCCCCCCCc1nc(CCCC)nc(CCCCCCCCCCCCCCCCCCCCCCCC)n1. The maximum atomic E-state index is 4.97. The molecule has 1 rings (SSSR count). The number of aromatic nitrogens is 3. The molecular formula is C55H107N3. The molecule has 0 N–H and O–H groups in total. The van der Waals surface area contributed by atoms with Crippen LogP contribution in [0.4, 0.5) is 0 Å². The largest absolute Gasteiger partial charge is 0.218 e. The van der Waals surface area contributed by atoms with Crippen molar-refractivity contribution in [2.24, 2.45) is 0 Å². The Labute approximate surface area is 366 Å². The number of aryl methyl sites for hydroxylation is 3. The number of hydrogen-bond acceptors (Lipinski definition) is 3. The summed E-state index contributed by atoms with van der Waals surface area (Å²) >= 11 is 0. The standard InChI is InChI=1S/C55H107N3/c1-4-7-10-12-14-16-18-20-22-24-26-28-30-32-34-36-38-40-42-44-46-48-51-54-56-53(50-9-6-3)57-55(58-54)52-49-47-45-43-41-39-37-35-33-31-29-27-25-23-21-19-17-15-13-11-8-5-2/h4-52H2,1-3H3. The van der Waals surface area contributed by atoms with Crippen molar-refractivity contribution in [2.75, 3.05) is 0 Å². The lowest BCUT2D eigenvalue weighted by Crippen LogP contribution is -2.08. The monoisotopic (exact) mass is 810 g/mol. The molecule has 0 amide bonds. The van der Waals surface area contributed by atoms with Crippen LogP contribution in [0.5, 0.6) is 0 Å². The van der Waals surface area contributed by atoms with Crippen LogP contribution in [-0.4, -0.2) is 15.0 Å². The molecule has 0 aliphatic rings. The minimum atomic E-state index is 1.01. The van der Waals surface area contributed by atoms with Gasteiger partial charge in [0, 0.05) is 19.3 Å². The normalized spacial score (nSPS) is 11.6. The zero-order valence-corrected chi connectivity index (χ0v) is 40.5. The second-order valence-corrected chi connectivity index (χ2v) is 19.0. The first kappa shape index (κ1) is 55.0. The molecule has 0 saturated heterocycles. The van der Waals surface area contributed by atoms with Crippen molar-refractivity contribution in [3.05, 3.63) is 17.5 Å². The molecule has 342 valence electrons. The summed E-state index contributed by atoms with van der Waals surface area (Å²) in [6.45, 7) is 6.89. The highest BCUT2D eigenvalue weighted by molar-refractivity contribution is 4.99. The third kappa shape index (κ3) is 40.4. The molecule has 0 spiro atoms. The molecule has 58 heavy (non-hydrogen) atoms. The van der Waals surface area contributed by atoms with E-state index in [2.05, 4.69) is 20.8 Å². The zero-order valence-electron chi connectivity index (χ0n) is 40.5. The van der Waals surface area contributed by atoms with E-state index < -0.39 is 0 Å². The van der Waals surface area contributed by atoms with Crippen molar-refractivity contribution in [2.45, 2.75) is 335 Å². The molecule has 0 aliphatic carbocycles. The molecule has 0 fully saturated rings. The van der Waals surface area contributed by atoms with Crippen molar-refractivity contribution in [3.63, 3.8) is 0 Å². The molecule has 0 radical (unpaired) electrons. The van der Waals surface area contributed by atoms with Crippen LogP contribution in [0, 0.1) is 0 Å². The van der Waals surface area contributed by atoms with Gasteiger partial charge < -0.3 is 0 Å². The average Bonchev–Trinajstić information content (AvgIpc) is 3.23. The molecular weight excluding hydrogens is 703 g/mol. The van der Waals surface area contributed by atoms with Crippen molar-refractivity contribution >= 4 is 0 Å². The Balaban J connectivity index is 1.96. The second-order valence-electron chi connectivity index (χ2n) is 19.0. The topological polar surface area (TPSA) is 38.7 Å². The Morgan fingerprint density at radius 2 is 0.310 bits per heavy atom. The van der Waals surface area contributed by atoms with Crippen LogP contribution >= 0.6 is 0 Å². The van der Waals surface area contributed by atoms with Gasteiger partial charge in [-0.1, -0.05) is 297 Å². The summed E-state index contributed by atoms with van der Waals surface area (Å²) in [5.74, 6) is 3.20. The van der Waals surface area contributed by atoms with E-state index in [-0.39, 0.29) is 0 Å². The predicted molar refractivity (Wildman–Crippen MR) is 260 cm³/mol. The van der Waals surface area contributed by atoms with E-state index in [1.165, 1.54) is 295 Å². The number of rotatable bonds is 49. The Hall–Kier alpha value is -0.990. The third-order valence-corrected chi connectivity index (χ3v) is 13.0. The summed E-state index contributed by atoms with van der Waals surface area (Å²) in [7, 11) is 0. The van der Waals surface area contributed by atoms with Crippen molar-refractivity contribution < 1.29 is 0 Å². The summed E-state index contributed by atoms with van der Waals surface area (Å²) < 4.78 is 0. The van der Waals surface area contributed by atoms with Gasteiger partial charge in [0.05, 0.1) is 0 Å². The highest BCUT2D eigenvalue weighted by Crippen LogP contribution is 2.18. The fourth-order valence-electron chi connectivity index (χ4n) is 8.98. The quantitative estimate of drug-likeness (QED) is 0.0616. The Morgan fingerprint density at radius 3 is 0.483 bits per heavy atom. The van der Waals surface area contributed by atoms with Crippen molar-refractivity contribution in [1.82, 2.24) is 15.0 Å². The van der Waals surface area contributed by atoms with Crippen molar-refractivity contribution in [3.8, 4) is 0 Å². The molecule has 0 saturated carbocycles. The highest BCUT2D eigenvalue weighted by Gasteiger charge is 2.08. The van der Waals surface area contributed by atoms with Crippen LogP contribution in [0.25, 0.3) is 0 Å². The summed E-state index contributed by atoms with van der Waals surface area (Å²) in [6, 6.07) is 0. The van der Waals surface area contributed by atoms with Crippen LogP contribution in [0.3, 0.4) is 0 Å². The summed E-state index contributed by atoms with van der Waals surface area (Å²) in [5.41, 5.74) is 0. The van der Waals surface area contributed by atoms with E-state index in [1.807, 2.05) is 0 Å². The lowest BCUT2D eigenvalue weighted by atomic mass is 10.0. The zero-order chi connectivity index (χ0) is 41.5. The van der Waals surface area contributed by atoms with E-state index in [9.17, 15) is 0 Å². The summed E-state index contributed by atoms with van der Waals surface area (Å²) in [5, 5.41) is 0. The third-order valence-electron chi connectivity index (χ3n) is 13.0. The van der Waals surface area contributed by atoms with Gasteiger partial charge in [0.2, 0.25) is 0 Å². The molecule has 1 aromatic rings. The molecule has 3 heteroatoms. The number of unbranched alkanes of at least 4 members (excludes halogenated alkanes) is 43. The van der Waals surface area contributed by atoms with Gasteiger partial charge in [0.25, 0.3) is 0 Å². The molecule has 0 unspecified atom stereocenters. The highest BCUT2D eigenvalue weighted by atomic mass is 15.0. The first-order valence-corrected chi connectivity index (χ1v) is 27.5. The first-order chi connectivity index (χ1) is 28.8. The molecule has 0 bridgehead atoms. The Morgan fingerprint density at radius 1 is 0.172 bits per heavy atom. The molecule has 1 heterocycles. The van der Waals surface area contributed by atoms with Gasteiger partial charge in [-0.3, -0.25) is 0 Å². The first-order valence-electron chi connectivity index (χ1n) is 27.5.